The van der Waals surface area contributed by atoms with Crippen LogP contribution in [0.15, 0.2) is 12.1 Å². The average molecular weight is 440 g/mol. The normalized spacial score (nSPS) is 13.8. The van der Waals surface area contributed by atoms with Crippen LogP contribution in [0.1, 0.15) is 25.8 Å². The topological polar surface area (TPSA) is 126 Å². The molecule has 1 fully saturated rings. The summed E-state index contributed by atoms with van der Waals surface area (Å²) in [5.41, 5.74) is 1.06. The van der Waals surface area contributed by atoms with E-state index in [1.54, 1.807) is 21.3 Å². The molecule has 1 aromatic rings. The molecule has 0 spiro atoms. The second-order valence-corrected chi connectivity index (χ2v) is 7.38. The summed E-state index contributed by atoms with van der Waals surface area (Å²) in [7, 11) is 4.91. The highest BCUT2D eigenvalue weighted by Crippen LogP contribution is 2.35. The Morgan fingerprint density at radius 1 is 0.871 bits per heavy atom. The van der Waals surface area contributed by atoms with Crippen LogP contribution in [-0.2, 0) is 20.9 Å². The van der Waals surface area contributed by atoms with Gasteiger partial charge in [0.1, 0.15) is 5.75 Å². The van der Waals surface area contributed by atoms with E-state index in [1.165, 1.54) is 0 Å². The van der Waals surface area contributed by atoms with Crippen molar-refractivity contribution in [3.8, 4) is 17.2 Å². The van der Waals surface area contributed by atoms with Crippen LogP contribution in [0.2, 0.25) is 0 Å². The lowest BCUT2D eigenvalue weighted by Gasteiger charge is -2.35. The third-order valence-electron chi connectivity index (χ3n) is 4.67. The molecule has 0 unspecified atom stereocenters. The van der Waals surface area contributed by atoms with E-state index in [-0.39, 0.29) is 5.91 Å². The van der Waals surface area contributed by atoms with Crippen LogP contribution in [0.4, 0.5) is 0 Å². The molecular weight excluding hydrogens is 408 g/mol. The summed E-state index contributed by atoms with van der Waals surface area (Å²) >= 11 is 0. The summed E-state index contributed by atoms with van der Waals surface area (Å²) in [6.07, 6.45) is 0.628. The molecule has 1 aliphatic rings. The number of benzene rings is 1. The maximum atomic E-state index is 12.2. The van der Waals surface area contributed by atoms with E-state index in [4.69, 9.17) is 34.0 Å². The van der Waals surface area contributed by atoms with Crippen molar-refractivity contribution in [2.45, 2.75) is 26.8 Å². The molecule has 0 saturated carbocycles. The molecule has 0 atom stereocenters. The second-order valence-electron chi connectivity index (χ2n) is 7.38. The largest absolute Gasteiger partial charge is 0.496 e. The van der Waals surface area contributed by atoms with Gasteiger partial charge in [-0.2, -0.15) is 0 Å². The van der Waals surface area contributed by atoms with E-state index in [9.17, 15) is 4.79 Å². The number of hydrogen-bond donors (Lipinski definition) is 2. The Balaban J connectivity index is 0.000000703. The molecule has 1 amide bonds. The lowest BCUT2D eigenvalue weighted by Crippen LogP contribution is -2.48. The van der Waals surface area contributed by atoms with Gasteiger partial charge in [0.25, 0.3) is 0 Å². The number of aliphatic carboxylic acids is 2. The lowest BCUT2D eigenvalue weighted by atomic mass is 10.1. The number of methoxy groups -OCH3 is 3. The van der Waals surface area contributed by atoms with Gasteiger partial charge in [0.15, 0.2) is 11.5 Å². The molecule has 1 heterocycles. The zero-order chi connectivity index (χ0) is 23.6. The highest BCUT2D eigenvalue weighted by atomic mass is 16.5. The van der Waals surface area contributed by atoms with Gasteiger partial charge in [-0.15, -0.1) is 0 Å². The summed E-state index contributed by atoms with van der Waals surface area (Å²) in [5, 5.41) is 14.8. The van der Waals surface area contributed by atoms with Crippen molar-refractivity contribution < 1.29 is 38.8 Å². The number of piperazine rings is 1. The number of carboxylic acid groups (broad SMARTS) is 2. The van der Waals surface area contributed by atoms with Gasteiger partial charge in [0, 0.05) is 50.8 Å². The number of carbonyl (C=O) groups excluding carboxylic acids is 1. The first-order chi connectivity index (χ1) is 14.6. The molecule has 1 aromatic carbocycles. The van der Waals surface area contributed by atoms with Gasteiger partial charge < -0.3 is 29.3 Å². The van der Waals surface area contributed by atoms with Gasteiger partial charge in [-0.1, -0.05) is 13.8 Å². The zero-order valence-electron chi connectivity index (χ0n) is 18.7. The lowest BCUT2D eigenvalue weighted by molar-refractivity contribution is -0.159. The molecule has 10 heteroatoms. The van der Waals surface area contributed by atoms with Gasteiger partial charge in [-0.25, -0.2) is 9.59 Å². The van der Waals surface area contributed by atoms with E-state index < -0.39 is 11.9 Å². The Morgan fingerprint density at radius 2 is 1.35 bits per heavy atom. The van der Waals surface area contributed by atoms with Crippen molar-refractivity contribution in [2.24, 2.45) is 5.92 Å². The van der Waals surface area contributed by atoms with Crippen LogP contribution in [-0.4, -0.2) is 85.4 Å². The van der Waals surface area contributed by atoms with Gasteiger partial charge in [-0.05, 0) is 12.0 Å². The summed E-state index contributed by atoms with van der Waals surface area (Å²) in [6, 6.07) is 3.82. The van der Waals surface area contributed by atoms with Crippen molar-refractivity contribution in [1.82, 2.24) is 9.80 Å². The van der Waals surface area contributed by atoms with E-state index in [2.05, 4.69) is 18.7 Å². The Hall–Kier alpha value is -3.01. The molecule has 174 valence electrons. The van der Waals surface area contributed by atoms with E-state index in [0.29, 0.717) is 23.8 Å². The molecule has 0 aromatic heterocycles. The highest BCUT2D eigenvalue weighted by molar-refractivity contribution is 6.27. The fourth-order valence-corrected chi connectivity index (χ4v) is 3.09. The van der Waals surface area contributed by atoms with Crippen LogP contribution >= 0.6 is 0 Å². The van der Waals surface area contributed by atoms with E-state index in [1.807, 2.05) is 17.0 Å². The van der Waals surface area contributed by atoms with Crippen molar-refractivity contribution in [2.75, 3.05) is 47.5 Å². The number of amides is 1. The second kappa shape index (κ2) is 12.6. The molecule has 0 radical (unpaired) electrons. The Bertz CT molecular complexity index is 746. The quantitative estimate of drug-likeness (QED) is 0.607. The maximum absolute atomic E-state index is 12.2. The van der Waals surface area contributed by atoms with Crippen molar-refractivity contribution in [3.63, 3.8) is 0 Å². The van der Waals surface area contributed by atoms with E-state index in [0.717, 1.165) is 44.0 Å². The predicted octanol–water partition coefficient (Wildman–Crippen LogP) is 1.56. The molecule has 2 rings (SSSR count). The third kappa shape index (κ3) is 8.33. The Labute approximate surface area is 182 Å². The van der Waals surface area contributed by atoms with Crippen LogP contribution in [0.25, 0.3) is 0 Å². The minimum absolute atomic E-state index is 0.262. The van der Waals surface area contributed by atoms with Crippen molar-refractivity contribution >= 4 is 17.8 Å². The van der Waals surface area contributed by atoms with Crippen LogP contribution in [0.3, 0.4) is 0 Å². The summed E-state index contributed by atoms with van der Waals surface area (Å²) in [4.78, 5) is 34.7. The SMILES string of the molecule is COc1cc(OC)c(OC)cc1CN1CCN(C(=O)CC(C)C)CC1.O=C(O)C(=O)O. The van der Waals surface area contributed by atoms with Gasteiger partial charge in [0.05, 0.1) is 21.3 Å². The fourth-order valence-electron chi connectivity index (χ4n) is 3.09. The van der Waals surface area contributed by atoms with E-state index >= 15 is 0 Å². The number of nitrogens with zero attached hydrogens (tertiary/aromatic N) is 2. The van der Waals surface area contributed by atoms with Crippen LogP contribution in [0.5, 0.6) is 17.2 Å². The van der Waals surface area contributed by atoms with Crippen molar-refractivity contribution in [1.29, 1.82) is 0 Å². The molecule has 0 bridgehead atoms. The Kier molecular flexibility index (Phi) is 10.6. The minimum Gasteiger partial charge on any atom is -0.496 e. The number of carbonyl (C=O) groups is 3. The number of carboxylic acids is 2. The molecule has 10 nitrogen and oxygen atoms in total. The summed E-state index contributed by atoms with van der Waals surface area (Å²) in [6.45, 7) is 8.20. The third-order valence-corrected chi connectivity index (χ3v) is 4.67. The van der Waals surface area contributed by atoms with Crippen LogP contribution < -0.4 is 14.2 Å². The number of ether oxygens (including phenoxy) is 3. The molecular formula is C21H32N2O8. The maximum Gasteiger partial charge on any atom is 0.414 e. The molecule has 1 aliphatic heterocycles. The predicted molar refractivity (Wildman–Crippen MR) is 113 cm³/mol. The minimum atomic E-state index is -1.82. The molecule has 0 aliphatic carbocycles. The highest BCUT2D eigenvalue weighted by Gasteiger charge is 2.23. The summed E-state index contributed by atoms with van der Waals surface area (Å²) in [5.74, 6) is -0.836. The average Bonchev–Trinajstić information content (AvgIpc) is 2.73. The van der Waals surface area contributed by atoms with Gasteiger partial charge in [0.2, 0.25) is 5.91 Å². The first kappa shape index (κ1) is 26.0. The molecule has 1 saturated heterocycles. The van der Waals surface area contributed by atoms with Gasteiger partial charge >= 0.3 is 11.9 Å². The molecule has 31 heavy (non-hydrogen) atoms. The summed E-state index contributed by atoms with van der Waals surface area (Å²) < 4.78 is 16.2. The van der Waals surface area contributed by atoms with Crippen LogP contribution in [0, 0.1) is 5.92 Å². The van der Waals surface area contributed by atoms with Crippen molar-refractivity contribution in [3.05, 3.63) is 17.7 Å². The standard InChI is InChI=1S/C19H30N2O4.C2H2O4/c1-14(2)10-19(22)21-8-6-20(7-9-21)13-15-11-17(24-4)18(25-5)12-16(15)23-3;3-1(4)2(5)6/h11-12,14H,6-10,13H2,1-5H3;(H,3,4)(H,5,6). The Morgan fingerprint density at radius 3 is 1.77 bits per heavy atom. The smallest absolute Gasteiger partial charge is 0.414 e. The number of rotatable bonds is 7. The first-order valence-corrected chi connectivity index (χ1v) is 9.88. The fraction of sp³-hybridized carbons (Fsp3) is 0.571. The number of hydrogen-bond acceptors (Lipinski definition) is 7. The monoisotopic (exact) mass is 440 g/mol. The van der Waals surface area contributed by atoms with Gasteiger partial charge in [-0.3, -0.25) is 9.69 Å². The molecule has 2 N–H and O–H groups in total. The zero-order valence-corrected chi connectivity index (χ0v) is 18.7. The first-order valence-electron chi connectivity index (χ1n) is 9.88.